The van der Waals surface area contributed by atoms with Crippen molar-refractivity contribution in [1.82, 2.24) is 4.90 Å². The number of benzene rings is 2. The second-order valence-electron chi connectivity index (χ2n) is 7.85. The van der Waals surface area contributed by atoms with Crippen molar-refractivity contribution >= 4 is 28.9 Å². The van der Waals surface area contributed by atoms with Gasteiger partial charge in [-0.15, -0.1) is 0 Å². The third kappa shape index (κ3) is 4.77. The molecule has 0 unspecified atom stereocenters. The topological polar surface area (TPSA) is 55.9 Å². The maximum Gasteiger partial charge on any atom is 0.238 e. The number of hydrogen-bond acceptors (Lipinski definition) is 4. The Kier molecular flexibility index (Phi) is 5.81. The summed E-state index contributed by atoms with van der Waals surface area (Å²) in [4.78, 5) is 30.8. The van der Waals surface area contributed by atoms with E-state index in [-0.39, 0.29) is 11.8 Å². The molecular weight excluding hydrogens is 364 g/mol. The van der Waals surface area contributed by atoms with E-state index < -0.39 is 0 Å². The number of amides is 2. The molecule has 152 valence electrons. The molecule has 6 nitrogen and oxygen atoms in total. The summed E-state index contributed by atoms with van der Waals surface area (Å²) in [6.45, 7) is 6.81. The standard InChI is InChI=1S/C23H28N4O2/c1-18-5-2-7-20(15-18)26-13-11-25(12-14-26)17-22(28)24-19-6-3-8-21(16-19)27-10-4-9-23(27)29/h2-3,5-8,15-16H,4,9-14,17H2,1H3,(H,24,28). The van der Waals surface area contributed by atoms with Crippen LogP contribution in [-0.2, 0) is 9.59 Å². The lowest BCUT2D eigenvalue weighted by Crippen LogP contribution is -2.48. The van der Waals surface area contributed by atoms with Crippen molar-refractivity contribution < 1.29 is 9.59 Å². The van der Waals surface area contributed by atoms with Gasteiger partial charge < -0.3 is 15.1 Å². The number of carbonyl (C=O) groups excluding carboxylic acids is 2. The van der Waals surface area contributed by atoms with E-state index in [0.29, 0.717) is 13.0 Å². The van der Waals surface area contributed by atoms with Crippen molar-refractivity contribution in [2.45, 2.75) is 19.8 Å². The number of nitrogens with one attached hydrogen (secondary N) is 1. The monoisotopic (exact) mass is 392 g/mol. The van der Waals surface area contributed by atoms with Crippen molar-refractivity contribution in [3.05, 3.63) is 54.1 Å². The van der Waals surface area contributed by atoms with Crippen molar-refractivity contribution in [2.75, 3.05) is 54.4 Å². The zero-order valence-corrected chi connectivity index (χ0v) is 16.9. The van der Waals surface area contributed by atoms with Crippen molar-refractivity contribution in [3.63, 3.8) is 0 Å². The van der Waals surface area contributed by atoms with Gasteiger partial charge in [0.05, 0.1) is 6.54 Å². The van der Waals surface area contributed by atoms with Gasteiger partial charge >= 0.3 is 0 Å². The van der Waals surface area contributed by atoms with Gasteiger partial charge in [-0.3, -0.25) is 14.5 Å². The third-order valence-corrected chi connectivity index (χ3v) is 5.62. The largest absolute Gasteiger partial charge is 0.369 e. The highest BCUT2D eigenvalue weighted by molar-refractivity contribution is 5.97. The van der Waals surface area contributed by atoms with E-state index in [1.807, 2.05) is 24.3 Å². The molecule has 0 saturated carbocycles. The van der Waals surface area contributed by atoms with Crippen LogP contribution in [0.15, 0.2) is 48.5 Å². The molecule has 0 aliphatic carbocycles. The lowest BCUT2D eigenvalue weighted by atomic mass is 10.2. The van der Waals surface area contributed by atoms with Crippen LogP contribution in [0, 0.1) is 6.92 Å². The Morgan fingerprint density at radius 3 is 2.45 bits per heavy atom. The summed E-state index contributed by atoms with van der Waals surface area (Å²) < 4.78 is 0. The molecule has 0 spiro atoms. The molecule has 6 heteroatoms. The van der Waals surface area contributed by atoms with Crippen LogP contribution in [0.5, 0.6) is 0 Å². The minimum atomic E-state index is -0.0149. The SMILES string of the molecule is Cc1cccc(N2CCN(CC(=O)Nc3cccc(N4CCCC4=O)c3)CC2)c1. The van der Waals surface area contributed by atoms with Gasteiger partial charge in [0.25, 0.3) is 0 Å². The lowest BCUT2D eigenvalue weighted by Gasteiger charge is -2.35. The highest BCUT2D eigenvalue weighted by Gasteiger charge is 2.22. The lowest BCUT2D eigenvalue weighted by molar-refractivity contribution is -0.118. The normalized spacial score (nSPS) is 17.6. The van der Waals surface area contributed by atoms with Crippen molar-refractivity contribution in [2.24, 2.45) is 0 Å². The van der Waals surface area contributed by atoms with Crippen molar-refractivity contribution in [1.29, 1.82) is 0 Å². The number of nitrogens with zero attached hydrogens (tertiary/aromatic N) is 3. The second kappa shape index (κ2) is 8.66. The Labute approximate surface area is 172 Å². The van der Waals surface area contributed by atoms with Crippen LogP contribution in [0.4, 0.5) is 17.1 Å². The van der Waals surface area contributed by atoms with E-state index in [1.165, 1.54) is 11.3 Å². The predicted octanol–water partition coefficient (Wildman–Crippen LogP) is 2.88. The van der Waals surface area contributed by atoms with Crippen LogP contribution < -0.4 is 15.1 Å². The average Bonchev–Trinajstić information content (AvgIpc) is 3.14. The molecule has 4 rings (SSSR count). The van der Waals surface area contributed by atoms with Gasteiger partial charge in [0, 0.05) is 56.2 Å². The van der Waals surface area contributed by atoms with Gasteiger partial charge in [0.2, 0.25) is 11.8 Å². The van der Waals surface area contributed by atoms with Crippen LogP contribution in [0.1, 0.15) is 18.4 Å². The van der Waals surface area contributed by atoms with Crippen LogP contribution in [0.25, 0.3) is 0 Å². The van der Waals surface area contributed by atoms with Crippen LogP contribution in [0.2, 0.25) is 0 Å². The molecule has 2 saturated heterocycles. The minimum absolute atomic E-state index is 0.0149. The molecule has 2 fully saturated rings. The summed E-state index contributed by atoms with van der Waals surface area (Å²) in [6, 6.07) is 16.1. The number of piperazine rings is 1. The highest BCUT2D eigenvalue weighted by Crippen LogP contribution is 2.24. The van der Waals surface area contributed by atoms with E-state index in [4.69, 9.17) is 0 Å². The minimum Gasteiger partial charge on any atom is -0.369 e. The highest BCUT2D eigenvalue weighted by atomic mass is 16.2. The molecule has 2 amide bonds. The maximum atomic E-state index is 12.5. The Hall–Kier alpha value is -2.86. The first-order valence-corrected chi connectivity index (χ1v) is 10.3. The van der Waals surface area contributed by atoms with E-state index >= 15 is 0 Å². The number of aryl methyl sites for hydroxylation is 1. The number of hydrogen-bond donors (Lipinski definition) is 1. The summed E-state index contributed by atoms with van der Waals surface area (Å²) in [5.74, 6) is 0.138. The molecule has 2 aromatic rings. The number of rotatable bonds is 5. The fraction of sp³-hybridized carbons (Fsp3) is 0.391. The zero-order chi connectivity index (χ0) is 20.2. The van der Waals surface area contributed by atoms with Gasteiger partial charge in [-0.05, 0) is 49.2 Å². The molecule has 0 bridgehead atoms. The fourth-order valence-corrected chi connectivity index (χ4v) is 4.07. The second-order valence-corrected chi connectivity index (χ2v) is 7.85. The van der Waals surface area contributed by atoms with Gasteiger partial charge in [-0.1, -0.05) is 18.2 Å². The van der Waals surface area contributed by atoms with Gasteiger partial charge in [0.15, 0.2) is 0 Å². The first kappa shape index (κ1) is 19.5. The van der Waals surface area contributed by atoms with E-state index in [0.717, 1.165) is 50.5 Å². The smallest absolute Gasteiger partial charge is 0.238 e. The summed E-state index contributed by atoms with van der Waals surface area (Å²) in [5, 5.41) is 2.99. The molecule has 2 aromatic carbocycles. The van der Waals surface area contributed by atoms with Gasteiger partial charge in [0.1, 0.15) is 0 Å². The molecular formula is C23H28N4O2. The molecule has 0 radical (unpaired) electrons. The first-order valence-electron chi connectivity index (χ1n) is 10.3. The van der Waals surface area contributed by atoms with Gasteiger partial charge in [-0.2, -0.15) is 0 Å². The van der Waals surface area contributed by atoms with Crippen LogP contribution >= 0.6 is 0 Å². The molecule has 2 aliphatic heterocycles. The zero-order valence-electron chi connectivity index (χ0n) is 16.9. The van der Waals surface area contributed by atoms with Crippen LogP contribution in [-0.4, -0.2) is 56.0 Å². The number of anilines is 3. The summed E-state index contributed by atoms with van der Waals surface area (Å²) in [5.41, 5.74) is 4.12. The first-order chi connectivity index (χ1) is 14.1. The van der Waals surface area contributed by atoms with E-state index in [2.05, 4.69) is 46.3 Å². The molecule has 29 heavy (non-hydrogen) atoms. The average molecular weight is 393 g/mol. The summed E-state index contributed by atoms with van der Waals surface area (Å²) >= 11 is 0. The van der Waals surface area contributed by atoms with E-state index in [1.54, 1.807) is 4.90 Å². The number of carbonyl (C=O) groups is 2. The third-order valence-electron chi connectivity index (χ3n) is 5.62. The summed E-state index contributed by atoms with van der Waals surface area (Å²) in [6.07, 6.45) is 1.50. The summed E-state index contributed by atoms with van der Waals surface area (Å²) in [7, 11) is 0. The molecule has 0 aromatic heterocycles. The molecule has 0 atom stereocenters. The Balaban J connectivity index is 1.29. The molecule has 1 N–H and O–H groups in total. The van der Waals surface area contributed by atoms with Crippen molar-refractivity contribution in [3.8, 4) is 0 Å². The van der Waals surface area contributed by atoms with E-state index in [9.17, 15) is 9.59 Å². The Morgan fingerprint density at radius 2 is 1.72 bits per heavy atom. The maximum absolute atomic E-state index is 12.5. The Bertz CT molecular complexity index is 890. The quantitative estimate of drug-likeness (QED) is 0.850. The Morgan fingerprint density at radius 1 is 0.966 bits per heavy atom. The fourth-order valence-electron chi connectivity index (χ4n) is 4.07. The predicted molar refractivity (Wildman–Crippen MR) is 116 cm³/mol. The molecule has 2 aliphatic rings. The van der Waals surface area contributed by atoms with Crippen LogP contribution in [0.3, 0.4) is 0 Å². The van der Waals surface area contributed by atoms with Gasteiger partial charge in [-0.25, -0.2) is 0 Å². The molecule has 2 heterocycles.